The molecule has 0 radical (unpaired) electrons. The summed E-state index contributed by atoms with van der Waals surface area (Å²) in [4.78, 5) is 2.15. The molecular formula is C13H20ClNO3. The molecule has 0 saturated carbocycles. The van der Waals surface area contributed by atoms with Gasteiger partial charge in [0.05, 0.1) is 13.2 Å². The SMILES string of the molecule is COCCN(CCOC)Cc1cc(Cl)ccc1O. The first-order valence-corrected chi connectivity index (χ1v) is 6.22. The minimum atomic E-state index is 0.263. The molecule has 4 nitrogen and oxygen atoms in total. The van der Waals surface area contributed by atoms with Crippen LogP contribution in [0.1, 0.15) is 5.56 Å². The summed E-state index contributed by atoms with van der Waals surface area (Å²) < 4.78 is 10.1. The zero-order chi connectivity index (χ0) is 13.4. The van der Waals surface area contributed by atoms with Crippen molar-refractivity contribution in [2.75, 3.05) is 40.5 Å². The van der Waals surface area contributed by atoms with Crippen LogP contribution in [0.5, 0.6) is 5.75 Å². The molecule has 0 aliphatic carbocycles. The van der Waals surface area contributed by atoms with E-state index in [1.54, 1.807) is 32.4 Å². The van der Waals surface area contributed by atoms with Gasteiger partial charge in [0.1, 0.15) is 5.75 Å². The van der Waals surface area contributed by atoms with Crippen molar-refractivity contribution in [2.45, 2.75) is 6.54 Å². The summed E-state index contributed by atoms with van der Waals surface area (Å²) in [6, 6.07) is 5.07. The molecule has 1 aromatic carbocycles. The van der Waals surface area contributed by atoms with E-state index in [0.717, 1.165) is 18.7 Å². The van der Waals surface area contributed by atoms with E-state index in [1.165, 1.54) is 0 Å². The van der Waals surface area contributed by atoms with E-state index >= 15 is 0 Å². The second kappa shape index (κ2) is 8.32. The van der Waals surface area contributed by atoms with E-state index < -0.39 is 0 Å². The largest absolute Gasteiger partial charge is 0.508 e. The van der Waals surface area contributed by atoms with Crippen LogP contribution in [0.2, 0.25) is 5.02 Å². The van der Waals surface area contributed by atoms with Gasteiger partial charge in [-0.05, 0) is 18.2 Å². The molecule has 102 valence electrons. The lowest BCUT2D eigenvalue weighted by molar-refractivity contribution is 0.110. The van der Waals surface area contributed by atoms with Crippen molar-refractivity contribution in [1.29, 1.82) is 0 Å². The van der Waals surface area contributed by atoms with Crippen molar-refractivity contribution in [3.8, 4) is 5.75 Å². The number of rotatable bonds is 8. The molecule has 0 aromatic heterocycles. The van der Waals surface area contributed by atoms with E-state index in [4.69, 9.17) is 21.1 Å². The fraction of sp³-hybridized carbons (Fsp3) is 0.538. The van der Waals surface area contributed by atoms with Gasteiger partial charge < -0.3 is 14.6 Å². The number of aromatic hydroxyl groups is 1. The quantitative estimate of drug-likeness (QED) is 0.788. The Kier molecular flexibility index (Phi) is 7.05. The number of benzene rings is 1. The van der Waals surface area contributed by atoms with Crippen LogP contribution in [-0.2, 0) is 16.0 Å². The van der Waals surface area contributed by atoms with Crippen LogP contribution in [-0.4, -0.2) is 50.5 Å². The maximum absolute atomic E-state index is 9.79. The van der Waals surface area contributed by atoms with Gasteiger partial charge in [0.15, 0.2) is 0 Å². The molecule has 0 heterocycles. The number of hydrogen-bond donors (Lipinski definition) is 1. The first kappa shape index (κ1) is 15.2. The Bertz CT molecular complexity index is 352. The first-order chi connectivity index (χ1) is 8.67. The molecule has 0 atom stereocenters. The van der Waals surface area contributed by atoms with E-state index in [0.29, 0.717) is 24.8 Å². The molecule has 5 heteroatoms. The fourth-order valence-electron chi connectivity index (χ4n) is 1.63. The monoisotopic (exact) mass is 273 g/mol. The van der Waals surface area contributed by atoms with Crippen LogP contribution in [0.3, 0.4) is 0 Å². The Morgan fingerprint density at radius 1 is 1.17 bits per heavy atom. The number of nitrogens with zero attached hydrogens (tertiary/aromatic N) is 1. The van der Waals surface area contributed by atoms with Crippen LogP contribution >= 0.6 is 11.6 Å². The minimum absolute atomic E-state index is 0.263. The normalized spacial score (nSPS) is 11.1. The second-order valence-corrected chi connectivity index (χ2v) is 4.47. The molecule has 0 bridgehead atoms. The molecule has 0 aliphatic rings. The Morgan fingerprint density at radius 3 is 2.33 bits per heavy atom. The predicted octanol–water partition coefficient (Wildman–Crippen LogP) is 2.14. The number of hydrogen-bond acceptors (Lipinski definition) is 4. The van der Waals surface area contributed by atoms with Crippen molar-refractivity contribution in [3.05, 3.63) is 28.8 Å². The average molecular weight is 274 g/mol. The van der Waals surface area contributed by atoms with E-state index in [-0.39, 0.29) is 5.75 Å². The number of phenols is 1. The molecule has 0 spiro atoms. The molecule has 18 heavy (non-hydrogen) atoms. The van der Waals surface area contributed by atoms with Crippen molar-refractivity contribution in [1.82, 2.24) is 4.90 Å². The molecule has 0 aliphatic heterocycles. The standard InChI is InChI=1S/C13H20ClNO3/c1-17-7-5-15(6-8-18-2)10-11-9-12(14)3-4-13(11)16/h3-4,9,16H,5-8,10H2,1-2H3. The number of halogens is 1. The number of methoxy groups -OCH3 is 2. The highest BCUT2D eigenvalue weighted by atomic mass is 35.5. The maximum atomic E-state index is 9.79. The molecule has 1 N–H and O–H groups in total. The molecule has 0 unspecified atom stereocenters. The van der Waals surface area contributed by atoms with Gasteiger partial charge >= 0.3 is 0 Å². The lowest BCUT2D eigenvalue weighted by Crippen LogP contribution is -2.30. The highest BCUT2D eigenvalue weighted by Gasteiger charge is 2.09. The summed E-state index contributed by atoms with van der Waals surface area (Å²) in [7, 11) is 3.34. The van der Waals surface area contributed by atoms with Gasteiger partial charge in [-0.2, -0.15) is 0 Å². The topological polar surface area (TPSA) is 41.9 Å². The molecule has 0 amide bonds. The van der Waals surface area contributed by atoms with Gasteiger partial charge in [-0.3, -0.25) is 4.90 Å². The average Bonchev–Trinajstić information content (AvgIpc) is 2.37. The Balaban J connectivity index is 2.65. The van der Waals surface area contributed by atoms with Crippen molar-refractivity contribution in [3.63, 3.8) is 0 Å². The summed E-state index contributed by atoms with van der Waals surface area (Å²) in [6.45, 7) is 3.48. The van der Waals surface area contributed by atoms with Crippen molar-refractivity contribution >= 4 is 11.6 Å². The fourth-order valence-corrected chi connectivity index (χ4v) is 1.83. The summed E-state index contributed by atoms with van der Waals surface area (Å²) in [5.41, 5.74) is 0.815. The molecular weight excluding hydrogens is 254 g/mol. The molecule has 0 fully saturated rings. The van der Waals surface area contributed by atoms with Gasteiger partial charge in [-0.15, -0.1) is 0 Å². The first-order valence-electron chi connectivity index (χ1n) is 5.85. The van der Waals surface area contributed by atoms with Gasteiger partial charge in [0.2, 0.25) is 0 Å². The second-order valence-electron chi connectivity index (χ2n) is 4.03. The lowest BCUT2D eigenvalue weighted by atomic mass is 10.2. The zero-order valence-corrected chi connectivity index (χ0v) is 11.6. The summed E-state index contributed by atoms with van der Waals surface area (Å²) in [5, 5.41) is 10.4. The minimum Gasteiger partial charge on any atom is -0.508 e. The molecule has 1 rings (SSSR count). The predicted molar refractivity (Wildman–Crippen MR) is 72.1 cm³/mol. The van der Waals surface area contributed by atoms with E-state index in [9.17, 15) is 5.11 Å². The lowest BCUT2D eigenvalue weighted by Gasteiger charge is -2.22. The number of phenolic OH excluding ortho intramolecular Hbond substituents is 1. The summed E-state index contributed by atoms with van der Waals surface area (Å²) >= 11 is 5.93. The van der Waals surface area contributed by atoms with E-state index in [1.807, 2.05) is 0 Å². The highest BCUT2D eigenvalue weighted by Crippen LogP contribution is 2.22. The van der Waals surface area contributed by atoms with Crippen LogP contribution in [0.4, 0.5) is 0 Å². The highest BCUT2D eigenvalue weighted by molar-refractivity contribution is 6.30. The number of ether oxygens (including phenoxy) is 2. The molecule has 1 aromatic rings. The third-order valence-corrected chi connectivity index (χ3v) is 2.89. The van der Waals surface area contributed by atoms with Crippen LogP contribution in [0.25, 0.3) is 0 Å². The Hall–Kier alpha value is -0.810. The summed E-state index contributed by atoms with van der Waals surface area (Å²) in [5.74, 6) is 0.263. The Labute approximate surface area is 113 Å². The van der Waals surface area contributed by atoms with Crippen molar-refractivity contribution < 1.29 is 14.6 Å². The maximum Gasteiger partial charge on any atom is 0.120 e. The van der Waals surface area contributed by atoms with Crippen LogP contribution in [0.15, 0.2) is 18.2 Å². The zero-order valence-electron chi connectivity index (χ0n) is 10.9. The van der Waals surface area contributed by atoms with Gasteiger partial charge in [0, 0.05) is 44.4 Å². The van der Waals surface area contributed by atoms with Gasteiger partial charge in [-0.25, -0.2) is 0 Å². The third-order valence-electron chi connectivity index (χ3n) is 2.66. The third kappa shape index (κ3) is 5.23. The van der Waals surface area contributed by atoms with Crippen LogP contribution in [0, 0.1) is 0 Å². The van der Waals surface area contributed by atoms with E-state index in [2.05, 4.69) is 4.90 Å². The van der Waals surface area contributed by atoms with Gasteiger partial charge in [0.25, 0.3) is 0 Å². The molecule has 0 saturated heterocycles. The van der Waals surface area contributed by atoms with Crippen LogP contribution < -0.4 is 0 Å². The smallest absolute Gasteiger partial charge is 0.120 e. The summed E-state index contributed by atoms with van der Waals surface area (Å²) in [6.07, 6.45) is 0. The Morgan fingerprint density at radius 2 is 1.78 bits per heavy atom. The van der Waals surface area contributed by atoms with Crippen molar-refractivity contribution in [2.24, 2.45) is 0 Å². The van der Waals surface area contributed by atoms with Gasteiger partial charge in [-0.1, -0.05) is 11.6 Å².